The maximum Gasteiger partial charge on any atom is 0.143 e. The predicted molar refractivity (Wildman–Crippen MR) is 69.8 cm³/mol. The van der Waals surface area contributed by atoms with E-state index in [-0.39, 0.29) is 11.8 Å². The van der Waals surface area contributed by atoms with Gasteiger partial charge in [-0.05, 0) is 35.6 Å². The van der Waals surface area contributed by atoms with Gasteiger partial charge < -0.3 is 0 Å². The molecule has 0 radical (unpaired) electrons. The van der Waals surface area contributed by atoms with Crippen LogP contribution in [0.3, 0.4) is 0 Å². The van der Waals surface area contributed by atoms with Crippen LogP contribution in [-0.4, -0.2) is 5.78 Å². The maximum absolute atomic E-state index is 11.9. The lowest BCUT2D eigenvalue weighted by Gasteiger charge is -2.27. The van der Waals surface area contributed by atoms with Gasteiger partial charge in [0.2, 0.25) is 0 Å². The smallest absolute Gasteiger partial charge is 0.143 e. The van der Waals surface area contributed by atoms with Crippen molar-refractivity contribution in [1.29, 1.82) is 0 Å². The van der Waals surface area contributed by atoms with Gasteiger partial charge in [0, 0.05) is 16.3 Å². The van der Waals surface area contributed by atoms with Gasteiger partial charge in [-0.3, -0.25) is 4.79 Å². The van der Waals surface area contributed by atoms with Gasteiger partial charge in [0.05, 0.1) is 0 Å². The zero-order valence-electron chi connectivity index (χ0n) is 10.0. The lowest BCUT2D eigenvalue weighted by atomic mass is 9.77. The van der Waals surface area contributed by atoms with E-state index >= 15 is 0 Å². The molecule has 1 aromatic carbocycles. The van der Waals surface area contributed by atoms with Crippen LogP contribution in [0.2, 0.25) is 0 Å². The number of hydrogen-bond acceptors (Lipinski definition) is 1. The average Bonchev–Trinajstić information content (AvgIpc) is 2.27. The number of halogens is 1. The lowest BCUT2D eigenvalue weighted by molar-refractivity contribution is -0.124. The van der Waals surface area contributed by atoms with Gasteiger partial charge in [0.25, 0.3) is 0 Å². The Hall–Kier alpha value is -0.630. The summed E-state index contributed by atoms with van der Waals surface area (Å²) in [5.74, 6) is 0.609. The summed E-state index contributed by atoms with van der Waals surface area (Å²) >= 11 is 3.59. The highest BCUT2D eigenvalue weighted by Crippen LogP contribution is 2.35. The van der Waals surface area contributed by atoms with E-state index in [1.807, 2.05) is 13.8 Å². The minimum Gasteiger partial charge on any atom is -0.299 e. The molecule has 2 unspecified atom stereocenters. The fraction of sp³-hybridized carbons (Fsp3) is 0.500. The molecule has 0 spiro atoms. The topological polar surface area (TPSA) is 17.1 Å². The van der Waals surface area contributed by atoms with Gasteiger partial charge in [-0.15, -0.1) is 0 Å². The first-order chi connectivity index (χ1) is 7.54. The molecule has 0 N–H and O–H groups in total. The van der Waals surface area contributed by atoms with Crippen LogP contribution < -0.4 is 0 Å². The van der Waals surface area contributed by atoms with Gasteiger partial charge in [0.15, 0.2) is 0 Å². The fourth-order valence-electron chi connectivity index (χ4n) is 2.55. The molecule has 0 bridgehead atoms. The molecule has 2 atom stereocenters. The van der Waals surface area contributed by atoms with Gasteiger partial charge >= 0.3 is 0 Å². The van der Waals surface area contributed by atoms with Gasteiger partial charge in [0.1, 0.15) is 5.78 Å². The molecule has 0 aromatic heterocycles. The Bertz CT molecular complexity index is 437. The maximum atomic E-state index is 11.9. The Kier molecular flexibility index (Phi) is 3.20. The predicted octanol–water partition coefficient (Wildman–Crippen LogP) is 3.88. The van der Waals surface area contributed by atoms with Crippen LogP contribution in [0.1, 0.15) is 43.4 Å². The molecular formula is C14H17BrO. The molecule has 1 aromatic rings. The van der Waals surface area contributed by atoms with Gasteiger partial charge in [-0.25, -0.2) is 0 Å². The summed E-state index contributed by atoms with van der Waals surface area (Å²) in [6.45, 7) is 6.22. The van der Waals surface area contributed by atoms with Crippen LogP contribution in [0.5, 0.6) is 0 Å². The van der Waals surface area contributed by atoms with Crippen molar-refractivity contribution in [3.63, 3.8) is 0 Å². The standard InChI is InChI=1S/C14H17BrO/c1-4-10-6-11-5-8(2)14(16)9(3)12(11)7-13(10)15/h6-9H,4-5H2,1-3H3. The molecule has 0 amide bonds. The summed E-state index contributed by atoms with van der Waals surface area (Å²) in [4.78, 5) is 11.9. The summed E-state index contributed by atoms with van der Waals surface area (Å²) in [6.07, 6.45) is 1.93. The molecule has 86 valence electrons. The number of carbonyl (C=O) groups excluding carboxylic acids is 1. The molecule has 0 saturated heterocycles. The van der Waals surface area contributed by atoms with Crippen LogP contribution >= 0.6 is 15.9 Å². The first kappa shape index (κ1) is 11.8. The van der Waals surface area contributed by atoms with E-state index in [0.717, 1.165) is 17.3 Å². The number of benzene rings is 1. The molecule has 0 aliphatic heterocycles. The normalized spacial score (nSPS) is 24.4. The Morgan fingerprint density at radius 3 is 2.69 bits per heavy atom. The van der Waals surface area contributed by atoms with Crippen molar-refractivity contribution in [2.24, 2.45) is 5.92 Å². The minimum atomic E-state index is 0.0564. The summed E-state index contributed by atoms with van der Waals surface area (Å²) in [7, 11) is 0. The molecule has 1 aliphatic carbocycles. The fourth-order valence-corrected chi connectivity index (χ4v) is 3.19. The third-order valence-corrected chi connectivity index (χ3v) is 4.33. The van der Waals surface area contributed by atoms with Crippen molar-refractivity contribution in [2.45, 2.75) is 39.5 Å². The van der Waals surface area contributed by atoms with Crippen molar-refractivity contribution in [3.05, 3.63) is 33.3 Å². The average molecular weight is 281 g/mol. The zero-order chi connectivity index (χ0) is 11.9. The van der Waals surface area contributed by atoms with Crippen molar-refractivity contribution in [1.82, 2.24) is 0 Å². The highest BCUT2D eigenvalue weighted by atomic mass is 79.9. The number of hydrogen-bond donors (Lipinski definition) is 0. The van der Waals surface area contributed by atoms with E-state index in [2.05, 4.69) is 35.0 Å². The second-order valence-electron chi connectivity index (χ2n) is 4.73. The number of carbonyl (C=O) groups is 1. The first-order valence-electron chi connectivity index (χ1n) is 5.89. The van der Waals surface area contributed by atoms with Crippen LogP contribution in [0.15, 0.2) is 16.6 Å². The van der Waals surface area contributed by atoms with Gasteiger partial charge in [-0.1, -0.05) is 42.8 Å². The van der Waals surface area contributed by atoms with E-state index in [1.165, 1.54) is 16.7 Å². The largest absolute Gasteiger partial charge is 0.299 e. The molecule has 0 saturated carbocycles. The van der Waals surface area contributed by atoms with E-state index in [4.69, 9.17) is 0 Å². The second kappa shape index (κ2) is 4.33. The Balaban J connectivity index is 2.53. The Morgan fingerprint density at radius 2 is 2.06 bits per heavy atom. The summed E-state index contributed by atoms with van der Waals surface area (Å²) < 4.78 is 1.14. The van der Waals surface area contributed by atoms with Gasteiger partial charge in [-0.2, -0.15) is 0 Å². The molecular weight excluding hydrogens is 264 g/mol. The zero-order valence-corrected chi connectivity index (χ0v) is 11.6. The minimum absolute atomic E-state index is 0.0564. The summed E-state index contributed by atoms with van der Waals surface area (Å²) in [5, 5.41) is 0. The Labute approximate surface area is 105 Å². The van der Waals surface area contributed by atoms with Crippen molar-refractivity contribution in [3.8, 4) is 0 Å². The van der Waals surface area contributed by atoms with E-state index in [0.29, 0.717) is 5.78 Å². The van der Waals surface area contributed by atoms with Crippen LogP contribution in [0.25, 0.3) is 0 Å². The van der Waals surface area contributed by atoms with Crippen LogP contribution in [-0.2, 0) is 17.6 Å². The molecule has 2 heteroatoms. The highest BCUT2D eigenvalue weighted by molar-refractivity contribution is 9.10. The number of ketones is 1. The third-order valence-electron chi connectivity index (χ3n) is 3.59. The van der Waals surface area contributed by atoms with Crippen molar-refractivity contribution < 1.29 is 4.79 Å². The summed E-state index contributed by atoms with van der Waals surface area (Å²) in [6, 6.07) is 4.40. The Morgan fingerprint density at radius 1 is 1.38 bits per heavy atom. The highest BCUT2D eigenvalue weighted by Gasteiger charge is 2.29. The number of rotatable bonds is 1. The third kappa shape index (κ3) is 1.84. The summed E-state index contributed by atoms with van der Waals surface area (Å²) in [5.41, 5.74) is 3.92. The molecule has 0 heterocycles. The monoisotopic (exact) mass is 280 g/mol. The lowest BCUT2D eigenvalue weighted by Crippen LogP contribution is -2.26. The van der Waals surface area contributed by atoms with Crippen molar-refractivity contribution in [2.75, 3.05) is 0 Å². The second-order valence-corrected chi connectivity index (χ2v) is 5.58. The molecule has 1 nitrogen and oxygen atoms in total. The van der Waals surface area contributed by atoms with E-state index in [1.54, 1.807) is 0 Å². The van der Waals surface area contributed by atoms with Crippen molar-refractivity contribution >= 4 is 21.7 Å². The van der Waals surface area contributed by atoms with E-state index in [9.17, 15) is 4.79 Å². The number of fused-ring (bicyclic) bond motifs is 1. The number of Topliss-reactive ketones (excluding diaryl/α,β-unsaturated/α-hetero) is 1. The molecule has 16 heavy (non-hydrogen) atoms. The quantitative estimate of drug-likeness (QED) is 0.763. The van der Waals surface area contributed by atoms with Crippen LogP contribution in [0, 0.1) is 5.92 Å². The number of aryl methyl sites for hydroxylation is 1. The van der Waals surface area contributed by atoms with E-state index < -0.39 is 0 Å². The first-order valence-corrected chi connectivity index (χ1v) is 6.68. The SMILES string of the molecule is CCc1cc2c(cc1Br)C(C)C(=O)C(C)C2. The van der Waals surface area contributed by atoms with Crippen LogP contribution in [0.4, 0.5) is 0 Å². The molecule has 2 rings (SSSR count). The molecule has 0 fully saturated rings. The molecule has 1 aliphatic rings.